The summed E-state index contributed by atoms with van der Waals surface area (Å²) in [5.41, 5.74) is 0. The van der Waals surface area contributed by atoms with Crippen LogP contribution in [0.3, 0.4) is 0 Å². The Labute approximate surface area is 96.1 Å². The number of fused-ring (bicyclic) bond motifs is 2. The van der Waals surface area contributed by atoms with Gasteiger partial charge in [-0.3, -0.25) is 9.59 Å². The SMILES string of the molecule is CN1C(=O)C23CCCN2C(=O)C1(C)SS3. The maximum atomic E-state index is 12.2. The van der Waals surface area contributed by atoms with E-state index in [1.165, 1.54) is 10.8 Å². The fraction of sp³-hybridized carbons (Fsp3) is 0.778. The first-order chi connectivity index (χ1) is 7.02. The third-order valence-corrected chi connectivity index (χ3v) is 7.38. The number of hydrogen-bond acceptors (Lipinski definition) is 4. The van der Waals surface area contributed by atoms with Crippen LogP contribution < -0.4 is 0 Å². The lowest BCUT2D eigenvalue weighted by atomic mass is 10.1. The second kappa shape index (κ2) is 2.66. The molecule has 2 unspecified atom stereocenters. The number of nitrogens with zero attached hydrogens (tertiary/aromatic N) is 2. The first-order valence-electron chi connectivity index (χ1n) is 4.99. The van der Waals surface area contributed by atoms with Crippen molar-refractivity contribution < 1.29 is 9.59 Å². The van der Waals surface area contributed by atoms with E-state index < -0.39 is 9.74 Å². The number of carbonyl (C=O) groups excluding carboxylic acids is 2. The highest BCUT2D eigenvalue weighted by Gasteiger charge is 2.67. The minimum Gasteiger partial charge on any atom is -0.319 e. The predicted molar refractivity (Wildman–Crippen MR) is 60.0 cm³/mol. The van der Waals surface area contributed by atoms with E-state index in [1.807, 2.05) is 6.92 Å². The molecule has 4 rings (SSSR count). The molecule has 0 radical (unpaired) electrons. The molecule has 15 heavy (non-hydrogen) atoms. The molecule has 0 aromatic rings. The summed E-state index contributed by atoms with van der Waals surface area (Å²) in [6.45, 7) is 2.58. The van der Waals surface area contributed by atoms with Crippen molar-refractivity contribution in [2.45, 2.75) is 29.5 Å². The fourth-order valence-corrected chi connectivity index (χ4v) is 6.05. The van der Waals surface area contributed by atoms with Gasteiger partial charge >= 0.3 is 0 Å². The van der Waals surface area contributed by atoms with Gasteiger partial charge in [0.25, 0.3) is 11.8 Å². The highest BCUT2D eigenvalue weighted by Crippen LogP contribution is 2.61. The van der Waals surface area contributed by atoms with E-state index in [4.69, 9.17) is 0 Å². The van der Waals surface area contributed by atoms with E-state index in [0.717, 1.165) is 19.4 Å². The molecule has 0 N–H and O–H groups in total. The van der Waals surface area contributed by atoms with Crippen molar-refractivity contribution in [3.8, 4) is 0 Å². The van der Waals surface area contributed by atoms with E-state index in [2.05, 4.69) is 0 Å². The highest BCUT2D eigenvalue weighted by molar-refractivity contribution is 8.78. The molecule has 6 heteroatoms. The summed E-state index contributed by atoms with van der Waals surface area (Å²) in [5.74, 6) is 0.205. The van der Waals surface area contributed by atoms with E-state index in [9.17, 15) is 9.59 Å². The summed E-state index contributed by atoms with van der Waals surface area (Å²) >= 11 is 0. The summed E-state index contributed by atoms with van der Waals surface area (Å²) < 4.78 is 0. The third kappa shape index (κ3) is 0.887. The molecule has 2 atom stereocenters. The average molecular weight is 244 g/mol. The predicted octanol–water partition coefficient (Wildman–Crippen LogP) is 0.888. The van der Waals surface area contributed by atoms with E-state index in [1.54, 1.807) is 27.6 Å². The number of amides is 2. The molecule has 4 heterocycles. The van der Waals surface area contributed by atoms with E-state index in [-0.39, 0.29) is 11.8 Å². The van der Waals surface area contributed by atoms with Crippen molar-refractivity contribution in [2.75, 3.05) is 13.6 Å². The third-order valence-electron chi connectivity index (χ3n) is 3.60. The van der Waals surface area contributed by atoms with Gasteiger partial charge in [0, 0.05) is 13.6 Å². The van der Waals surface area contributed by atoms with Crippen LogP contribution in [0.1, 0.15) is 19.8 Å². The Bertz CT molecular complexity index is 373. The summed E-state index contributed by atoms with van der Waals surface area (Å²) in [6.07, 6.45) is 1.74. The van der Waals surface area contributed by atoms with Crippen LogP contribution in [0.5, 0.6) is 0 Å². The van der Waals surface area contributed by atoms with Gasteiger partial charge in [-0.1, -0.05) is 21.6 Å². The average Bonchev–Trinajstić information content (AvgIpc) is 2.65. The molecule has 4 aliphatic heterocycles. The molecule has 0 aromatic carbocycles. The quantitative estimate of drug-likeness (QED) is 0.593. The zero-order chi connectivity index (χ0) is 10.8. The van der Waals surface area contributed by atoms with Crippen LogP contribution in [0.15, 0.2) is 0 Å². The number of hydrogen-bond donors (Lipinski definition) is 0. The van der Waals surface area contributed by atoms with Gasteiger partial charge in [-0.25, -0.2) is 0 Å². The molecule has 0 aromatic heterocycles. The van der Waals surface area contributed by atoms with Crippen LogP contribution in [0.25, 0.3) is 0 Å². The summed E-state index contributed by atoms with van der Waals surface area (Å²) in [7, 11) is 4.85. The maximum absolute atomic E-state index is 12.2. The van der Waals surface area contributed by atoms with Crippen LogP contribution in [-0.2, 0) is 9.59 Å². The van der Waals surface area contributed by atoms with Crippen molar-refractivity contribution in [3.63, 3.8) is 0 Å². The first kappa shape index (κ1) is 9.84. The molecule has 4 saturated heterocycles. The summed E-state index contributed by atoms with van der Waals surface area (Å²) in [5, 5.41) is 0. The zero-order valence-electron chi connectivity index (χ0n) is 8.65. The Morgan fingerprint density at radius 2 is 2.00 bits per heavy atom. The normalized spacial score (nSPS) is 43.9. The standard InChI is InChI=1S/C9H12N2O2S2/c1-8-6(12)11-5-3-4-9(11,15-14-8)7(13)10(8)2/h3-5H2,1-2H3. The largest absolute Gasteiger partial charge is 0.319 e. The Morgan fingerprint density at radius 1 is 1.27 bits per heavy atom. The molecule has 0 saturated carbocycles. The van der Waals surface area contributed by atoms with Gasteiger partial charge in [0.15, 0.2) is 9.74 Å². The van der Waals surface area contributed by atoms with Crippen LogP contribution >= 0.6 is 21.6 Å². The van der Waals surface area contributed by atoms with Crippen LogP contribution in [0.4, 0.5) is 0 Å². The Morgan fingerprint density at radius 3 is 2.73 bits per heavy atom. The Kier molecular flexibility index (Phi) is 1.74. The molecular formula is C9H12N2O2S2. The fourth-order valence-electron chi connectivity index (χ4n) is 2.49. The number of piperazine rings is 1. The topological polar surface area (TPSA) is 40.6 Å². The van der Waals surface area contributed by atoms with Crippen molar-refractivity contribution in [1.29, 1.82) is 0 Å². The number of likely N-dealkylation sites (N-methyl/N-ethyl adjacent to an activating group) is 1. The van der Waals surface area contributed by atoms with Gasteiger partial charge in [0.1, 0.15) is 0 Å². The maximum Gasteiger partial charge on any atom is 0.261 e. The van der Waals surface area contributed by atoms with Crippen LogP contribution in [-0.4, -0.2) is 44.9 Å². The molecular weight excluding hydrogens is 232 g/mol. The highest BCUT2D eigenvalue weighted by atomic mass is 33.1. The molecule has 2 amide bonds. The van der Waals surface area contributed by atoms with E-state index in [0.29, 0.717) is 0 Å². The molecule has 82 valence electrons. The van der Waals surface area contributed by atoms with Crippen molar-refractivity contribution in [2.24, 2.45) is 0 Å². The van der Waals surface area contributed by atoms with Crippen LogP contribution in [0.2, 0.25) is 0 Å². The number of carbonyl (C=O) groups is 2. The molecule has 4 fully saturated rings. The second-order valence-corrected chi connectivity index (χ2v) is 7.16. The number of rotatable bonds is 0. The van der Waals surface area contributed by atoms with Crippen molar-refractivity contribution in [1.82, 2.24) is 9.80 Å². The lowest BCUT2D eigenvalue weighted by Gasteiger charge is -2.56. The minimum absolute atomic E-state index is 0.103. The monoisotopic (exact) mass is 244 g/mol. The second-order valence-electron chi connectivity index (χ2n) is 4.36. The van der Waals surface area contributed by atoms with Crippen molar-refractivity contribution >= 4 is 33.4 Å². The first-order valence-corrected chi connectivity index (χ1v) is 7.14. The molecule has 2 bridgehead atoms. The summed E-state index contributed by atoms with van der Waals surface area (Å²) in [4.78, 5) is 26.6. The molecule has 0 aliphatic carbocycles. The molecule has 4 nitrogen and oxygen atoms in total. The van der Waals surface area contributed by atoms with Gasteiger partial charge in [0.2, 0.25) is 0 Å². The smallest absolute Gasteiger partial charge is 0.261 e. The summed E-state index contributed by atoms with van der Waals surface area (Å²) in [6, 6.07) is 0. The molecule has 4 aliphatic rings. The van der Waals surface area contributed by atoms with Gasteiger partial charge in [-0.15, -0.1) is 0 Å². The van der Waals surface area contributed by atoms with Gasteiger partial charge in [-0.05, 0) is 19.8 Å². The lowest BCUT2D eigenvalue weighted by molar-refractivity contribution is -0.161. The Balaban J connectivity index is 2.16. The van der Waals surface area contributed by atoms with Gasteiger partial charge < -0.3 is 9.80 Å². The minimum atomic E-state index is -0.687. The molecule has 1 spiro atoms. The van der Waals surface area contributed by atoms with E-state index >= 15 is 0 Å². The van der Waals surface area contributed by atoms with Gasteiger partial charge in [0.05, 0.1) is 0 Å². The lowest BCUT2D eigenvalue weighted by Crippen LogP contribution is -2.73. The van der Waals surface area contributed by atoms with Crippen molar-refractivity contribution in [3.05, 3.63) is 0 Å². The Hall–Kier alpha value is -0.360. The van der Waals surface area contributed by atoms with Gasteiger partial charge in [-0.2, -0.15) is 0 Å². The zero-order valence-corrected chi connectivity index (χ0v) is 10.3. The van der Waals surface area contributed by atoms with Crippen LogP contribution in [0, 0.1) is 0 Å².